The van der Waals surface area contributed by atoms with E-state index in [0.717, 1.165) is 18.6 Å². The van der Waals surface area contributed by atoms with Crippen molar-refractivity contribution in [2.24, 2.45) is 0 Å². The fourth-order valence-electron chi connectivity index (χ4n) is 3.01. The molecule has 110 valence electrons. The Morgan fingerprint density at radius 2 is 1.71 bits per heavy atom. The molecule has 0 saturated carbocycles. The van der Waals surface area contributed by atoms with Gasteiger partial charge in [0.05, 0.1) is 0 Å². The van der Waals surface area contributed by atoms with Crippen molar-refractivity contribution in [1.29, 1.82) is 0 Å². The van der Waals surface area contributed by atoms with Crippen LogP contribution in [0.1, 0.15) is 51.2 Å². The van der Waals surface area contributed by atoms with Crippen LogP contribution in [0.5, 0.6) is 5.75 Å². The van der Waals surface area contributed by atoms with Gasteiger partial charge in [-0.2, -0.15) is 0 Å². The van der Waals surface area contributed by atoms with Gasteiger partial charge in [0.2, 0.25) is 0 Å². The summed E-state index contributed by atoms with van der Waals surface area (Å²) >= 11 is 0. The fourth-order valence-corrected chi connectivity index (χ4v) is 3.01. The normalized spacial score (nSPS) is 16.4. The molecular weight excluding hydrogens is 256 g/mol. The van der Waals surface area contributed by atoms with Crippen LogP contribution in [-0.4, -0.2) is 5.60 Å². The summed E-state index contributed by atoms with van der Waals surface area (Å²) in [6.07, 6.45) is 2.18. The summed E-state index contributed by atoms with van der Waals surface area (Å²) in [6, 6.07) is 15.2. The Balaban J connectivity index is 2.13. The highest BCUT2D eigenvalue weighted by Gasteiger charge is 2.29. The Morgan fingerprint density at radius 1 is 1.00 bits per heavy atom. The van der Waals surface area contributed by atoms with Crippen molar-refractivity contribution < 1.29 is 4.74 Å². The molecule has 2 aromatic carbocycles. The predicted octanol–water partition coefficient (Wildman–Crippen LogP) is 5.58. The Labute approximate surface area is 128 Å². The van der Waals surface area contributed by atoms with E-state index in [0.29, 0.717) is 5.92 Å². The summed E-state index contributed by atoms with van der Waals surface area (Å²) in [5.74, 6) is 1.59. The maximum absolute atomic E-state index is 6.30. The molecule has 0 aromatic heterocycles. The first-order valence-electron chi connectivity index (χ1n) is 7.87. The molecule has 0 saturated heterocycles. The standard InChI is InChI=1S/C20H24O/c1-14(2)18-13-17(15-8-6-5-7-9-15)12-16-10-11-20(3,4)21-19(16)18/h5-9,12-14H,10-11H2,1-4H3. The SMILES string of the molecule is CC(C)c1cc(-c2ccccc2)cc2c1OC(C)(C)CC2. The lowest BCUT2D eigenvalue weighted by atomic mass is 9.87. The summed E-state index contributed by atoms with van der Waals surface area (Å²) < 4.78 is 6.30. The van der Waals surface area contributed by atoms with Gasteiger partial charge in [-0.25, -0.2) is 0 Å². The van der Waals surface area contributed by atoms with Gasteiger partial charge in [-0.15, -0.1) is 0 Å². The average molecular weight is 280 g/mol. The molecule has 0 radical (unpaired) electrons. The molecule has 1 heteroatoms. The summed E-state index contributed by atoms with van der Waals surface area (Å²) in [6.45, 7) is 8.86. The maximum Gasteiger partial charge on any atom is 0.126 e. The minimum absolute atomic E-state index is 0.0507. The molecule has 1 aliphatic rings. The van der Waals surface area contributed by atoms with Gasteiger partial charge >= 0.3 is 0 Å². The predicted molar refractivity (Wildman–Crippen MR) is 89.0 cm³/mol. The van der Waals surface area contributed by atoms with E-state index in [1.54, 1.807) is 0 Å². The molecule has 0 unspecified atom stereocenters. The smallest absolute Gasteiger partial charge is 0.126 e. The second kappa shape index (κ2) is 5.22. The molecule has 0 bridgehead atoms. The molecular formula is C20H24O. The first-order valence-corrected chi connectivity index (χ1v) is 7.87. The number of hydrogen-bond acceptors (Lipinski definition) is 1. The summed E-state index contributed by atoms with van der Waals surface area (Å²) in [5.41, 5.74) is 5.23. The van der Waals surface area contributed by atoms with Crippen molar-refractivity contribution in [2.75, 3.05) is 0 Å². The van der Waals surface area contributed by atoms with Crippen LogP contribution < -0.4 is 4.74 Å². The lowest BCUT2D eigenvalue weighted by Crippen LogP contribution is -2.33. The zero-order valence-corrected chi connectivity index (χ0v) is 13.4. The van der Waals surface area contributed by atoms with Crippen LogP contribution in [0.25, 0.3) is 11.1 Å². The van der Waals surface area contributed by atoms with Crippen LogP contribution in [0.15, 0.2) is 42.5 Å². The van der Waals surface area contributed by atoms with E-state index in [1.165, 1.54) is 22.3 Å². The second-order valence-electron chi connectivity index (χ2n) is 6.94. The molecule has 0 spiro atoms. The van der Waals surface area contributed by atoms with Crippen molar-refractivity contribution in [3.05, 3.63) is 53.6 Å². The van der Waals surface area contributed by atoms with Crippen molar-refractivity contribution in [3.63, 3.8) is 0 Å². The minimum atomic E-state index is -0.0507. The summed E-state index contributed by atoms with van der Waals surface area (Å²) in [5, 5.41) is 0. The van der Waals surface area contributed by atoms with E-state index in [-0.39, 0.29) is 5.60 Å². The van der Waals surface area contributed by atoms with E-state index in [1.807, 2.05) is 0 Å². The van der Waals surface area contributed by atoms with Gasteiger partial charge < -0.3 is 4.74 Å². The lowest BCUT2D eigenvalue weighted by molar-refractivity contribution is 0.0830. The molecule has 0 N–H and O–H groups in total. The third-order valence-corrected chi connectivity index (χ3v) is 4.30. The third kappa shape index (κ3) is 2.83. The van der Waals surface area contributed by atoms with Crippen LogP contribution in [-0.2, 0) is 6.42 Å². The first-order chi connectivity index (χ1) is 9.96. The van der Waals surface area contributed by atoms with Crippen LogP contribution >= 0.6 is 0 Å². The Bertz CT molecular complexity index is 638. The zero-order chi connectivity index (χ0) is 15.0. The van der Waals surface area contributed by atoms with E-state index in [9.17, 15) is 0 Å². The number of benzene rings is 2. The molecule has 2 aromatic rings. The van der Waals surface area contributed by atoms with Crippen LogP contribution in [0.3, 0.4) is 0 Å². The van der Waals surface area contributed by atoms with E-state index < -0.39 is 0 Å². The van der Waals surface area contributed by atoms with E-state index in [4.69, 9.17) is 4.74 Å². The van der Waals surface area contributed by atoms with Gasteiger partial charge in [0, 0.05) is 0 Å². The Kier molecular flexibility index (Phi) is 3.52. The molecule has 3 rings (SSSR count). The highest BCUT2D eigenvalue weighted by atomic mass is 16.5. The van der Waals surface area contributed by atoms with E-state index >= 15 is 0 Å². The number of rotatable bonds is 2. The summed E-state index contributed by atoms with van der Waals surface area (Å²) in [4.78, 5) is 0. The highest BCUT2D eigenvalue weighted by Crippen LogP contribution is 2.41. The molecule has 21 heavy (non-hydrogen) atoms. The van der Waals surface area contributed by atoms with Crippen LogP contribution in [0.2, 0.25) is 0 Å². The van der Waals surface area contributed by atoms with Crippen molar-refractivity contribution in [2.45, 2.75) is 52.1 Å². The number of hydrogen-bond donors (Lipinski definition) is 0. The van der Waals surface area contributed by atoms with Crippen molar-refractivity contribution >= 4 is 0 Å². The van der Waals surface area contributed by atoms with E-state index in [2.05, 4.69) is 70.2 Å². The van der Waals surface area contributed by atoms with Gasteiger partial charge in [0.1, 0.15) is 11.4 Å². The topological polar surface area (TPSA) is 9.23 Å². The quantitative estimate of drug-likeness (QED) is 0.697. The minimum Gasteiger partial charge on any atom is -0.487 e. The monoisotopic (exact) mass is 280 g/mol. The second-order valence-corrected chi connectivity index (χ2v) is 6.94. The van der Waals surface area contributed by atoms with Crippen molar-refractivity contribution in [3.8, 4) is 16.9 Å². The van der Waals surface area contributed by atoms with Gasteiger partial charge in [-0.3, -0.25) is 0 Å². The Hall–Kier alpha value is -1.76. The molecule has 0 aliphatic carbocycles. The Morgan fingerprint density at radius 3 is 2.38 bits per heavy atom. The number of aryl methyl sites for hydroxylation is 1. The summed E-state index contributed by atoms with van der Waals surface area (Å²) in [7, 11) is 0. The lowest BCUT2D eigenvalue weighted by Gasteiger charge is -2.35. The van der Waals surface area contributed by atoms with Crippen molar-refractivity contribution in [1.82, 2.24) is 0 Å². The third-order valence-electron chi connectivity index (χ3n) is 4.30. The molecule has 1 nitrogen and oxygen atoms in total. The molecule has 0 atom stereocenters. The molecule has 0 amide bonds. The number of fused-ring (bicyclic) bond motifs is 1. The van der Waals surface area contributed by atoms with Gasteiger partial charge in [0.15, 0.2) is 0 Å². The first kappa shape index (κ1) is 14.2. The average Bonchev–Trinajstić information content (AvgIpc) is 2.46. The van der Waals surface area contributed by atoms with Crippen LogP contribution in [0, 0.1) is 0 Å². The van der Waals surface area contributed by atoms with Gasteiger partial charge in [-0.05, 0) is 67.0 Å². The molecule has 1 heterocycles. The zero-order valence-electron chi connectivity index (χ0n) is 13.4. The molecule has 0 fully saturated rings. The fraction of sp³-hybridized carbons (Fsp3) is 0.400. The number of ether oxygens (including phenoxy) is 1. The van der Waals surface area contributed by atoms with Crippen LogP contribution in [0.4, 0.5) is 0 Å². The molecule has 1 aliphatic heterocycles. The highest BCUT2D eigenvalue weighted by molar-refractivity contribution is 5.68. The van der Waals surface area contributed by atoms with Gasteiger partial charge in [0.25, 0.3) is 0 Å². The largest absolute Gasteiger partial charge is 0.487 e. The maximum atomic E-state index is 6.30. The van der Waals surface area contributed by atoms with Gasteiger partial charge in [-0.1, -0.05) is 44.2 Å².